The minimum absolute atomic E-state index is 0.124. The number of aryl methyl sites for hydroxylation is 1. The molecule has 1 N–H and O–H groups in total. The van der Waals surface area contributed by atoms with Crippen LogP contribution in [0.15, 0.2) is 54.6 Å². The van der Waals surface area contributed by atoms with Gasteiger partial charge in [-0.15, -0.1) is 0 Å². The van der Waals surface area contributed by atoms with Gasteiger partial charge < -0.3 is 10.2 Å². The van der Waals surface area contributed by atoms with Crippen molar-refractivity contribution >= 4 is 27.5 Å². The van der Waals surface area contributed by atoms with Crippen LogP contribution < -0.4 is 9.62 Å². The largest absolute Gasteiger partial charge is 0.352 e. The summed E-state index contributed by atoms with van der Waals surface area (Å²) in [5.74, 6) is -0.265. The van der Waals surface area contributed by atoms with Crippen LogP contribution in [0.2, 0.25) is 0 Å². The van der Waals surface area contributed by atoms with Crippen LogP contribution in [0.5, 0.6) is 0 Å². The van der Waals surface area contributed by atoms with Crippen molar-refractivity contribution in [3.8, 4) is 0 Å². The fraction of sp³-hybridized carbons (Fsp3) is 0.500. The van der Waals surface area contributed by atoms with Crippen LogP contribution in [-0.2, 0) is 26.0 Å². The van der Waals surface area contributed by atoms with Gasteiger partial charge >= 0.3 is 0 Å². The van der Waals surface area contributed by atoms with Crippen LogP contribution in [0.25, 0.3) is 0 Å². The quantitative estimate of drug-likeness (QED) is 0.464. The van der Waals surface area contributed by atoms with E-state index in [0.717, 1.165) is 36.8 Å². The lowest BCUT2D eigenvalue weighted by Crippen LogP contribution is -2.50. The lowest BCUT2D eigenvalue weighted by atomic mass is 10.1. The number of carbonyl (C=O) groups excluding carboxylic acids is 2. The fourth-order valence-corrected chi connectivity index (χ4v) is 5.81. The number of nitrogens with one attached hydrogen (secondary N) is 1. The molecule has 0 saturated heterocycles. The number of amides is 2. The second-order valence-corrected chi connectivity index (χ2v) is 11.6. The first kappa shape index (κ1) is 27.7. The summed E-state index contributed by atoms with van der Waals surface area (Å²) in [7, 11) is -3.50. The average molecular weight is 514 g/mol. The average Bonchev–Trinajstić information content (AvgIpc) is 3.35. The molecule has 1 fully saturated rings. The highest BCUT2D eigenvalue weighted by molar-refractivity contribution is 7.92. The molecule has 1 saturated carbocycles. The van der Waals surface area contributed by atoms with Gasteiger partial charge in [-0.3, -0.25) is 13.9 Å². The van der Waals surface area contributed by atoms with Gasteiger partial charge in [-0.25, -0.2) is 8.42 Å². The summed E-state index contributed by atoms with van der Waals surface area (Å²) in [5, 5.41) is 3.11. The minimum Gasteiger partial charge on any atom is -0.352 e. The first-order valence-corrected chi connectivity index (χ1v) is 14.7. The normalized spacial score (nSPS) is 14.9. The second kappa shape index (κ2) is 12.9. The molecule has 3 rings (SSSR count). The van der Waals surface area contributed by atoms with Gasteiger partial charge in [0.25, 0.3) is 0 Å². The van der Waals surface area contributed by atoms with Gasteiger partial charge in [-0.1, -0.05) is 61.4 Å². The minimum atomic E-state index is -3.50. The van der Waals surface area contributed by atoms with Gasteiger partial charge in [0, 0.05) is 25.6 Å². The van der Waals surface area contributed by atoms with Crippen molar-refractivity contribution in [3.05, 3.63) is 65.7 Å². The first-order chi connectivity index (χ1) is 17.2. The summed E-state index contributed by atoms with van der Waals surface area (Å²) in [6, 6.07) is 16.8. The number of sulfonamides is 1. The van der Waals surface area contributed by atoms with Gasteiger partial charge in [0.1, 0.15) is 6.04 Å². The van der Waals surface area contributed by atoms with E-state index in [-0.39, 0.29) is 30.8 Å². The molecular weight excluding hydrogens is 474 g/mol. The molecule has 196 valence electrons. The summed E-state index contributed by atoms with van der Waals surface area (Å²) in [6.45, 7) is 4.28. The van der Waals surface area contributed by atoms with Gasteiger partial charge in [0.05, 0.1) is 11.9 Å². The highest BCUT2D eigenvalue weighted by Crippen LogP contribution is 2.23. The van der Waals surface area contributed by atoms with Gasteiger partial charge in [-0.2, -0.15) is 0 Å². The standard InChI is InChI=1S/C28H39N3O4S/c1-22-12-7-10-17-26(22)31(36(3,34)35)20-11-18-27(32)30(21-19-24-13-5-4-6-14-24)23(2)28(33)29-25-15-8-9-16-25/h4-7,10,12-14,17,23,25H,8-9,11,15-16,18-21H2,1-3H3,(H,29,33). The smallest absolute Gasteiger partial charge is 0.242 e. The molecule has 0 heterocycles. The Morgan fingerprint density at radius 1 is 1.00 bits per heavy atom. The molecule has 8 heteroatoms. The summed E-state index contributed by atoms with van der Waals surface area (Å²) in [5.41, 5.74) is 2.58. The number of anilines is 1. The van der Waals surface area contributed by atoms with E-state index in [1.54, 1.807) is 17.9 Å². The molecule has 0 aliphatic heterocycles. The van der Waals surface area contributed by atoms with Crippen molar-refractivity contribution in [2.45, 2.75) is 70.9 Å². The second-order valence-electron chi connectivity index (χ2n) is 9.71. The van der Waals surface area contributed by atoms with Gasteiger partial charge in [-0.05, 0) is 56.7 Å². The van der Waals surface area contributed by atoms with E-state index in [1.165, 1.54) is 10.6 Å². The summed E-state index contributed by atoms with van der Waals surface area (Å²) >= 11 is 0. The first-order valence-electron chi connectivity index (χ1n) is 12.8. The number of carbonyl (C=O) groups is 2. The van der Waals surface area contributed by atoms with Crippen molar-refractivity contribution < 1.29 is 18.0 Å². The Balaban J connectivity index is 1.67. The Hall–Kier alpha value is -2.87. The van der Waals surface area contributed by atoms with Crippen LogP contribution in [-0.4, -0.2) is 56.6 Å². The molecule has 1 unspecified atom stereocenters. The number of rotatable bonds is 12. The van der Waals surface area contributed by atoms with E-state index in [4.69, 9.17) is 0 Å². The monoisotopic (exact) mass is 513 g/mol. The Bertz CT molecular complexity index is 1110. The fourth-order valence-electron chi connectivity index (χ4n) is 4.79. The Morgan fingerprint density at radius 2 is 1.64 bits per heavy atom. The van der Waals surface area contributed by atoms with E-state index in [9.17, 15) is 18.0 Å². The van der Waals surface area contributed by atoms with Crippen LogP contribution >= 0.6 is 0 Å². The predicted octanol–water partition coefficient (Wildman–Crippen LogP) is 4.06. The number of para-hydroxylation sites is 1. The van der Waals surface area contributed by atoms with Crippen molar-refractivity contribution in [1.82, 2.24) is 10.2 Å². The Morgan fingerprint density at radius 3 is 2.28 bits per heavy atom. The molecule has 1 atom stereocenters. The van der Waals surface area contributed by atoms with Gasteiger partial charge in [0.15, 0.2) is 0 Å². The van der Waals surface area contributed by atoms with E-state index >= 15 is 0 Å². The molecule has 7 nitrogen and oxygen atoms in total. The maximum atomic E-state index is 13.4. The Kier molecular flexibility index (Phi) is 9.93. The molecule has 2 amide bonds. The highest BCUT2D eigenvalue weighted by atomic mass is 32.2. The van der Waals surface area contributed by atoms with E-state index in [0.29, 0.717) is 25.1 Å². The number of hydrogen-bond acceptors (Lipinski definition) is 4. The summed E-state index contributed by atoms with van der Waals surface area (Å²) < 4.78 is 26.3. The SMILES string of the molecule is Cc1ccccc1N(CCCC(=O)N(CCc1ccccc1)C(C)C(=O)NC1CCCC1)S(C)(=O)=O. The van der Waals surface area contributed by atoms with Crippen molar-refractivity contribution in [3.63, 3.8) is 0 Å². The topological polar surface area (TPSA) is 86.8 Å². The molecular formula is C28H39N3O4S. The van der Waals surface area contributed by atoms with E-state index in [2.05, 4.69) is 5.32 Å². The number of hydrogen-bond donors (Lipinski definition) is 1. The van der Waals surface area contributed by atoms with Crippen molar-refractivity contribution in [1.29, 1.82) is 0 Å². The van der Waals surface area contributed by atoms with Crippen LogP contribution in [0.1, 0.15) is 56.6 Å². The molecule has 1 aliphatic carbocycles. The molecule has 0 spiro atoms. The van der Waals surface area contributed by atoms with Crippen LogP contribution in [0.4, 0.5) is 5.69 Å². The molecule has 0 bridgehead atoms. The molecule has 2 aromatic rings. The summed E-state index contributed by atoms with van der Waals surface area (Å²) in [6.07, 6.45) is 6.55. The van der Waals surface area contributed by atoms with Crippen LogP contribution in [0, 0.1) is 6.92 Å². The van der Waals surface area contributed by atoms with Gasteiger partial charge in [0.2, 0.25) is 21.8 Å². The zero-order chi connectivity index (χ0) is 26.1. The Labute approximate surface area is 215 Å². The molecule has 1 aliphatic rings. The number of nitrogens with zero attached hydrogens (tertiary/aromatic N) is 2. The molecule has 0 aromatic heterocycles. The van der Waals surface area contributed by atoms with E-state index < -0.39 is 16.1 Å². The third-order valence-corrected chi connectivity index (χ3v) is 8.07. The summed E-state index contributed by atoms with van der Waals surface area (Å²) in [4.78, 5) is 28.0. The maximum Gasteiger partial charge on any atom is 0.242 e. The van der Waals surface area contributed by atoms with Crippen LogP contribution in [0.3, 0.4) is 0 Å². The maximum absolute atomic E-state index is 13.4. The highest BCUT2D eigenvalue weighted by Gasteiger charge is 2.28. The molecule has 2 aromatic carbocycles. The molecule has 36 heavy (non-hydrogen) atoms. The predicted molar refractivity (Wildman–Crippen MR) is 144 cm³/mol. The lowest BCUT2D eigenvalue weighted by Gasteiger charge is -2.30. The van der Waals surface area contributed by atoms with E-state index in [1.807, 2.05) is 55.5 Å². The van der Waals surface area contributed by atoms with Crippen molar-refractivity contribution in [2.75, 3.05) is 23.7 Å². The molecule has 0 radical (unpaired) electrons. The third kappa shape index (κ3) is 7.82. The zero-order valence-corrected chi connectivity index (χ0v) is 22.5. The lowest BCUT2D eigenvalue weighted by molar-refractivity contribution is -0.140. The zero-order valence-electron chi connectivity index (χ0n) is 21.7. The third-order valence-electron chi connectivity index (χ3n) is 6.89. The number of benzene rings is 2. The van der Waals surface area contributed by atoms with Crippen molar-refractivity contribution in [2.24, 2.45) is 0 Å².